The SMILES string of the molecule is CCC(=O)Nc1ccc2c(c1)C(=O)N(C)C[C@@H](OC)[C@@H](C)CN(CCC(F)(F)F)[C@@H](C)CO2. The molecule has 0 saturated carbocycles. The maximum Gasteiger partial charge on any atom is 0.390 e. The van der Waals surface area contributed by atoms with Gasteiger partial charge >= 0.3 is 6.18 Å². The van der Waals surface area contributed by atoms with Crippen LogP contribution in [0.4, 0.5) is 18.9 Å². The van der Waals surface area contributed by atoms with E-state index in [-0.39, 0.29) is 55.1 Å². The fourth-order valence-corrected chi connectivity index (χ4v) is 3.76. The summed E-state index contributed by atoms with van der Waals surface area (Å²) in [5, 5.41) is 2.73. The molecular formula is C23H34F3N3O4. The van der Waals surface area contributed by atoms with E-state index in [1.54, 1.807) is 44.0 Å². The first-order valence-electron chi connectivity index (χ1n) is 11.1. The van der Waals surface area contributed by atoms with Crippen molar-refractivity contribution in [1.29, 1.82) is 0 Å². The zero-order chi connectivity index (χ0) is 24.8. The summed E-state index contributed by atoms with van der Waals surface area (Å²) in [5.74, 6) is -0.303. The highest BCUT2D eigenvalue weighted by Gasteiger charge is 2.32. The van der Waals surface area contributed by atoms with E-state index >= 15 is 0 Å². The third kappa shape index (κ3) is 7.89. The molecule has 1 aliphatic rings. The molecular weight excluding hydrogens is 439 g/mol. The summed E-state index contributed by atoms with van der Waals surface area (Å²) in [5.41, 5.74) is 0.734. The summed E-state index contributed by atoms with van der Waals surface area (Å²) in [6.45, 7) is 6.01. The van der Waals surface area contributed by atoms with Crippen molar-refractivity contribution >= 4 is 17.5 Å². The molecule has 1 aromatic rings. The van der Waals surface area contributed by atoms with E-state index in [2.05, 4.69) is 5.32 Å². The van der Waals surface area contributed by atoms with E-state index < -0.39 is 12.6 Å². The van der Waals surface area contributed by atoms with Gasteiger partial charge in [-0.3, -0.25) is 14.5 Å². The Morgan fingerprint density at radius 3 is 2.58 bits per heavy atom. The third-order valence-corrected chi connectivity index (χ3v) is 5.86. The summed E-state index contributed by atoms with van der Waals surface area (Å²) in [6, 6.07) is 4.47. The molecule has 1 heterocycles. The minimum atomic E-state index is -4.26. The van der Waals surface area contributed by atoms with Gasteiger partial charge in [-0.15, -0.1) is 0 Å². The molecule has 1 aliphatic heterocycles. The van der Waals surface area contributed by atoms with Gasteiger partial charge in [0.2, 0.25) is 5.91 Å². The van der Waals surface area contributed by atoms with Gasteiger partial charge in [-0.2, -0.15) is 13.2 Å². The molecule has 0 unspecified atom stereocenters. The summed E-state index contributed by atoms with van der Waals surface area (Å²) < 4.78 is 50.3. The highest BCUT2D eigenvalue weighted by Crippen LogP contribution is 2.27. The predicted octanol–water partition coefficient (Wildman–Crippen LogP) is 3.79. The number of nitrogens with one attached hydrogen (secondary N) is 1. The van der Waals surface area contributed by atoms with Gasteiger partial charge in [0.05, 0.1) is 18.1 Å². The van der Waals surface area contributed by atoms with Crippen LogP contribution in [0.15, 0.2) is 18.2 Å². The lowest BCUT2D eigenvalue weighted by molar-refractivity contribution is -0.140. The first-order valence-corrected chi connectivity index (χ1v) is 11.1. The molecule has 2 rings (SSSR count). The van der Waals surface area contributed by atoms with Crippen molar-refractivity contribution in [2.24, 2.45) is 5.92 Å². The number of methoxy groups -OCH3 is 1. The molecule has 0 aromatic heterocycles. The quantitative estimate of drug-likeness (QED) is 0.705. The minimum Gasteiger partial charge on any atom is -0.491 e. The first kappa shape index (κ1) is 26.9. The number of amides is 2. The van der Waals surface area contributed by atoms with E-state index in [0.717, 1.165) is 0 Å². The molecule has 1 aromatic carbocycles. The van der Waals surface area contributed by atoms with Crippen LogP contribution in [0.25, 0.3) is 0 Å². The van der Waals surface area contributed by atoms with Crippen LogP contribution in [0.1, 0.15) is 44.0 Å². The van der Waals surface area contributed by atoms with E-state index in [1.165, 1.54) is 12.0 Å². The van der Waals surface area contributed by atoms with Crippen LogP contribution in [0.3, 0.4) is 0 Å². The Bertz CT molecular complexity index is 819. The Kier molecular flexibility index (Phi) is 9.54. The number of nitrogens with zero attached hydrogens (tertiary/aromatic N) is 2. The van der Waals surface area contributed by atoms with E-state index in [9.17, 15) is 22.8 Å². The number of ether oxygens (including phenoxy) is 2. The summed E-state index contributed by atoms with van der Waals surface area (Å²) >= 11 is 0. The Morgan fingerprint density at radius 1 is 1.27 bits per heavy atom. The normalized spacial score (nSPS) is 23.2. The van der Waals surface area contributed by atoms with Crippen molar-refractivity contribution in [3.05, 3.63) is 23.8 Å². The van der Waals surface area contributed by atoms with Crippen molar-refractivity contribution in [3.8, 4) is 5.75 Å². The van der Waals surface area contributed by atoms with Gasteiger partial charge < -0.3 is 19.7 Å². The second kappa shape index (κ2) is 11.7. The number of carbonyl (C=O) groups excluding carboxylic acids is 2. The number of benzene rings is 1. The van der Waals surface area contributed by atoms with E-state index in [0.29, 0.717) is 24.4 Å². The summed E-state index contributed by atoms with van der Waals surface area (Å²) in [6.07, 6.45) is -5.25. The van der Waals surface area contributed by atoms with Crippen LogP contribution in [-0.4, -0.2) is 80.3 Å². The maximum absolute atomic E-state index is 13.2. The van der Waals surface area contributed by atoms with Crippen molar-refractivity contribution in [2.45, 2.75) is 51.9 Å². The maximum atomic E-state index is 13.2. The highest BCUT2D eigenvalue weighted by atomic mass is 19.4. The molecule has 0 fully saturated rings. The number of likely N-dealkylation sites (N-methyl/N-ethyl adjacent to an activating group) is 1. The molecule has 2 amide bonds. The molecule has 186 valence electrons. The minimum absolute atomic E-state index is 0.104. The molecule has 3 atom stereocenters. The van der Waals surface area contributed by atoms with E-state index in [1.807, 2.05) is 6.92 Å². The Labute approximate surface area is 193 Å². The number of rotatable bonds is 5. The highest BCUT2D eigenvalue weighted by molar-refractivity contribution is 5.99. The zero-order valence-electron chi connectivity index (χ0n) is 19.9. The number of anilines is 1. The smallest absolute Gasteiger partial charge is 0.390 e. The molecule has 33 heavy (non-hydrogen) atoms. The lowest BCUT2D eigenvalue weighted by Crippen LogP contribution is -2.47. The fourth-order valence-electron chi connectivity index (χ4n) is 3.76. The van der Waals surface area contributed by atoms with Gasteiger partial charge in [0, 0.05) is 51.9 Å². The largest absolute Gasteiger partial charge is 0.491 e. The summed E-state index contributed by atoms with van der Waals surface area (Å²) in [4.78, 5) is 28.3. The number of halogens is 3. The molecule has 0 spiro atoms. The second-order valence-electron chi connectivity index (χ2n) is 8.57. The fraction of sp³-hybridized carbons (Fsp3) is 0.652. The lowest BCUT2D eigenvalue weighted by Gasteiger charge is -2.36. The molecule has 1 N–H and O–H groups in total. The lowest BCUT2D eigenvalue weighted by atomic mass is 10.0. The predicted molar refractivity (Wildman–Crippen MR) is 119 cm³/mol. The Balaban J connectivity index is 2.39. The molecule has 0 aliphatic carbocycles. The van der Waals surface area contributed by atoms with Crippen molar-refractivity contribution in [3.63, 3.8) is 0 Å². The van der Waals surface area contributed by atoms with Crippen LogP contribution in [0.2, 0.25) is 0 Å². The number of hydrogen-bond acceptors (Lipinski definition) is 5. The molecule has 0 saturated heterocycles. The van der Waals surface area contributed by atoms with Crippen molar-refractivity contribution < 1.29 is 32.2 Å². The zero-order valence-corrected chi connectivity index (χ0v) is 19.9. The van der Waals surface area contributed by atoms with Gasteiger partial charge in [-0.05, 0) is 31.0 Å². The average Bonchev–Trinajstić information content (AvgIpc) is 2.76. The van der Waals surface area contributed by atoms with Crippen LogP contribution in [0, 0.1) is 5.92 Å². The topological polar surface area (TPSA) is 71.1 Å². The van der Waals surface area contributed by atoms with Crippen molar-refractivity contribution in [1.82, 2.24) is 9.80 Å². The molecule has 0 radical (unpaired) electrons. The van der Waals surface area contributed by atoms with E-state index in [4.69, 9.17) is 9.47 Å². The molecule has 0 bridgehead atoms. The number of hydrogen-bond donors (Lipinski definition) is 1. The standard InChI is InChI=1S/C23H34F3N3O4/c1-6-21(30)27-17-7-8-19-18(11-17)22(31)28(4)13-20(32-5)15(2)12-29(16(3)14-33-19)10-9-23(24,25)26/h7-8,11,15-16,20H,6,9-10,12-14H2,1-5H3,(H,27,30)/t15-,16-,20+/m0/s1. The van der Waals surface area contributed by atoms with Gasteiger partial charge in [0.1, 0.15) is 12.4 Å². The molecule has 10 heteroatoms. The first-order chi connectivity index (χ1) is 15.4. The van der Waals surface area contributed by atoms with Crippen molar-refractivity contribution in [2.75, 3.05) is 45.7 Å². The Morgan fingerprint density at radius 2 is 1.97 bits per heavy atom. The van der Waals surface area contributed by atoms with Crippen LogP contribution in [0.5, 0.6) is 5.75 Å². The monoisotopic (exact) mass is 473 g/mol. The third-order valence-electron chi connectivity index (χ3n) is 5.86. The van der Waals surface area contributed by atoms with Crippen LogP contribution < -0.4 is 10.1 Å². The van der Waals surface area contributed by atoms with Gasteiger partial charge in [0.15, 0.2) is 0 Å². The number of carbonyl (C=O) groups is 2. The number of fused-ring (bicyclic) bond motifs is 1. The van der Waals surface area contributed by atoms with Crippen LogP contribution in [-0.2, 0) is 9.53 Å². The average molecular weight is 474 g/mol. The Hall–Kier alpha value is -2.33. The van der Waals surface area contributed by atoms with Gasteiger partial charge in [0.25, 0.3) is 5.91 Å². The van der Waals surface area contributed by atoms with Gasteiger partial charge in [-0.25, -0.2) is 0 Å². The molecule has 7 nitrogen and oxygen atoms in total. The second-order valence-corrected chi connectivity index (χ2v) is 8.57. The summed E-state index contributed by atoms with van der Waals surface area (Å²) in [7, 11) is 3.17. The van der Waals surface area contributed by atoms with Gasteiger partial charge in [-0.1, -0.05) is 13.8 Å². The van der Waals surface area contributed by atoms with Crippen LogP contribution >= 0.6 is 0 Å². The number of alkyl halides is 3.